The first kappa shape index (κ1) is 13.3. The highest BCUT2D eigenvalue weighted by atomic mass is 16.6. The second-order valence-electron chi connectivity index (χ2n) is 4.40. The summed E-state index contributed by atoms with van der Waals surface area (Å²) in [6.45, 7) is 3.19. The molecule has 0 aliphatic carbocycles. The molecule has 1 heterocycles. The van der Waals surface area contributed by atoms with Crippen molar-refractivity contribution in [3.05, 3.63) is 18.2 Å². The van der Waals surface area contributed by atoms with Crippen LogP contribution in [0.3, 0.4) is 0 Å². The number of nitrogens with zero attached hydrogens (tertiary/aromatic N) is 1. The number of rotatable bonds is 5. The Bertz CT molecular complexity index is 462. The van der Waals surface area contributed by atoms with Gasteiger partial charge >= 0.3 is 0 Å². The molecule has 19 heavy (non-hydrogen) atoms. The zero-order chi connectivity index (χ0) is 13.7. The molecule has 104 valence electrons. The van der Waals surface area contributed by atoms with Gasteiger partial charge in [0.05, 0.1) is 0 Å². The molecule has 0 bridgehead atoms. The highest BCUT2D eigenvalue weighted by molar-refractivity contribution is 5.80. The van der Waals surface area contributed by atoms with Crippen molar-refractivity contribution in [3.63, 3.8) is 0 Å². The third-order valence-corrected chi connectivity index (χ3v) is 2.99. The lowest BCUT2D eigenvalue weighted by molar-refractivity contribution is 0.171. The molecule has 1 aromatic rings. The van der Waals surface area contributed by atoms with Crippen LogP contribution in [-0.2, 0) is 0 Å². The van der Waals surface area contributed by atoms with Gasteiger partial charge < -0.3 is 25.7 Å². The molecule has 0 spiro atoms. The lowest BCUT2D eigenvalue weighted by Crippen LogP contribution is -2.26. The lowest BCUT2D eigenvalue weighted by Gasteiger charge is -2.21. The van der Waals surface area contributed by atoms with Gasteiger partial charge in [-0.1, -0.05) is 12.1 Å². The second-order valence-corrected chi connectivity index (χ2v) is 4.40. The Morgan fingerprint density at radius 3 is 2.84 bits per heavy atom. The first-order valence-electron chi connectivity index (χ1n) is 6.35. The van der Waals surface area contributed by atoms with Crippen LogP contribution in [0.4, 0.5) is 5.69 Å². The van der Waals surface area contributed by atoms with Crippen LogP contribution in [0.25, 0.3) is 0 Å². The average molecular weight is 265 g/mol. The smallest absolute Gasteiger partial charge is 0.163 e. The van der Waals surface area contributed by atoms with Crippen molar-refractivity contribution in [1.29, 1.82) is 0 Å². The molecule has 0 amide bonds. The van der Waals surface area contributed by atoms with Crippen LogP contribution >= 0.6 is 0 Å². The predicted molar refractivity (Wildman–Crippen MR) is 73.2 cm³/mol. The van der Waals surface area contributed by atoms with E-state index in [9.17, 15) is 0 Å². The average Bonchev–Trinajstić information content (AvgIpc) is 2.46. The number of benzene rings is 1. The summed E-state index contributed by atoms with van der Waals surface area (Å²) < 4.78 is 11.0. The zero-order valence-electron chi connectivity index (χ0n) is 10.9. The summed E-state index contributed by atoms with van der Waals surface area (Å²) in [5.74, 6) is 1.73. The molecule has 0 saturated heterocycles. The number of fused-ring (bicyclic) bond motifs is 1. The van der Waals surface area contributed by atoms with E-state index in [0.29, 0.717) is 19.6 Å². The Morgan fingerprint density at radius 2 is 2.16 bits per heavy atom. The van der Waals surface area contributed by atoms with E-state index in [1.807, 2.05) is 25.1 Å². The quantitative estimate of drug-likeness (QED) is 0.327. The summed E-state index contributed by atoms with van der Waals surface area (Å²) in [6, 6.07) is 5.83. The first-order chi connectivity index (χ1) is 9.22. The van der Waals surface area contributed by atoms with Gasteiger partial charge in [0.25, 0.3) is 0 Å². The number of hydrogen-bond acceptors (Lipinski definition) is 5. The van der Waals surface area contributed by atoms with Crippen molar-refractivity contribution in [3.8, 4) is 11.5 Å². The van der Waals surface area contributed by atoms with Gasteiger partial charge in [0.2, 0.25) is 0 Å². The van der Waals surface area contributed by atoms with E-state index < -0.39 is 0 Å². The maximum absolute atomic E-state index is 8.60. The van der Waals surface area contributed by atoms with Gasteiger partial charge in [0.1, 0.15) is 19.0 Å². The van der Waals surface area contributed by atoms with Crippen LogP contribution in [-0.4, -0.2) is 30.3 Å². The third kappa shape index (κ3) is 3.43. The standard InChI is InChI=1S/C13H19N3O3/c1-2-9(8-13(14)16-17)15-10-3-4-11-12(7-10)19-6-5-18-11/h3-4,7,9,15,17H,2,5-6,8H2,1H3,(H2,14,16). The van der Waals surface area contributed by atoms with Crippen molar-refractivity contribution >= 4 is 11.5 Å². The Hall–Kier alpha value is -2.11. The van der Waals surface area contributed by atoms with Crippen molar-refractivity contribution < 1.29 is 14.7 Å². The lowest BCUT2D eigenvalue weighted by atomic mass is 10.1. The molecule has 1 unspecified atom stereocenters. The maximum Gasteiger partial charge on any atom is 0.163 e. The molecule has 1 aliphatic rings. The van der Waals surface area contributed by atoms with Crippen LogP contribution in [0, 0.1) is 0 Å². The van der Waals surface area contributed by atoms with E-state index in [-0.39, 0.29) is 11.9 Å². The molecule has 6 heteroatoms. The molecule has 4 N–H and O–H groups in total. The van der Waals surface area contributed by atoms with Crippen molar-refractivity contribution in [1.82, 2.24) is 0 Å². The number of hydrogen-bond donors (Lipinski definition) is 3. The Kier molecular flexibility index (Phi) is 4.33. The molecule has 0 radical (unpaired) electrons. The van der Waals surface area contributed by atoms with E-state index in [1.54, 1.807) is 0 Å². The monoisotopic (exact) mass is 265 g/mol. The Morgan fingerprint density at radius 1 is 1.42 bits per heavy atom. The zero-order valence-corrected chi connectivity index (χ0v) is 10.9. The van der Waals surface area contributed by atoms with Gasteiger partial charge in [-0.25, -0.2) is 0 Å². The van der Waals surface area contributed by atoms with Crippen LogP contribution in [0.5, 0.6) is 11.5 Å². The van der Waals surface area contributed by atoms with Crippen molar-refractivity contribution in [2.24, 2.45) is 10.9 Å². The fraction of sp³-hybridized carbons (Fsp3) is 0.462. The number of amidine groups is 1. The number of nitrogens with two attached hydrogens (primary N) is 1. The SMILES string of the molecule is CCC(CC(N)=NO)Nc1ccc2c(c1)OCCO2. The number of nitrogens with one attached hydrogen (secondary N) is 1. The van der Waals surface area contributed by atoms with Gasteiger partial charge in [-0.15, -0.1) is 0 Å². The molecule has 0 fully saturated rings. The first-order valence-corrected chi connectivity index (χ1v) is 6.35. The van der Waals surface area contributed by atoms with Gasteiger partial charge in [-0.2, -0.15) is 0 Å². The molecular formula is C13H19N3O3. The minimum Gasteiger partial charge on any atom is -0.486 e. The van der Waals surface area contributed by atoms with Crippen LogP contribution in [0.1, 0.15) is 19.8 Å². The Balaban J connectivity index is 2.05. The van der Waals surface area contributed by atoms with Gasteiger partial charge in [-0.05, 0) is 18.6 Å². The molecule has 0 saturated carbocycles. The maximum atomic E-state index is 8.60. The van der Waals surface area contributed by atoms with Gasteiger partial charge in [0, 0.05) is 24.2 Å². The summed E-state index contributed by atoms with van der Waals surface area (Å²) in [5.41, 5.74) is 6.46. The third-order valence-electron chi connectivity index (χ3n) is 2.99. The van der Waals surface area contributed by atoms with E-state index in [1.165, 1.54) is 0 Å². The fourth-order valence-electron chi connectivity index (χ4n) is 1.96. The Labute approximate surface area is 112 Å². The second kappa shape index (κ2) is 6.17. The van der Waals surface area contributed by atoms with E-state index in [2.05, 4.69) is 10.5 Å². The van der Waals surface area contributed by atoms with Crippen LogP contribution in [0.2, 0.25) is 0 Å². The minimum atomic E-state index is 0.110. The summed E-state index contributed by atoms with van der Waals surface area (Å²) in [7, 11) is 0. The largest absolute Gasteiger partial charge is 0.486 e. The number of anilines is 1. The summed E-state index contributed by atoms with van der Waals surface area (Å²) in [6.07, 6.45) is 1.35. The molecule has 2 rings (SSSR count). The summed E-state index contributed by atoms with van der Waals surface area (Å²) >= 11 is 0. The molecule has 6 nitrogen and oxygen atoms in total. The van der Waals surface area contributed by atoms with Crippen molar-refractivity contribution in [2.45, 2.75) is 25.8 Å². The molecule has 1 aliphatic heterocycles. The minimum absolute atomic E-state index is 0.110. The summed E-state index contributed by atoms with van der Waals surface area (Å²) in [5, 5.41) is 14.9. The van der Waals surface area contributed by atoms with E-state index in [0.717, 1.165) is 23.6 Å². The summed E-state index contributed by atoms with van der Waals surface area (Å²) in [4.78, 5) is 0. The highest BCUT2D eigenvalue weighted by Crippen LogP contribution is 2.32. The topological polar surface area (TPSA) is 89.1 Å². The molecule has 0 aromatic heterocycles. The molecule has 1 aromatic carbocycles. The van der Waals surface area contributed by atoms with E-state index in [4.69, 9.17) is 20.4 Å². The number of ether oxygens (including phenoxy) is 2. The van der Waals surface area contributed by atoms with Crippen LogP contribution < -0.4 is 20.5 Å². The van der Waals surface area contributed by atoms with E-state index >= 15 is 0 Å². The molecular weight excluding hydrogens is 246 g/mol. The van der Waals surface area contributed by atoms with Crippen LogP contribution in [0.15, 0.2) is 23.4 Å². The predicted octanol–water partition coefficient (Wildman–Crippen LogP) is 1.78. The fourth-order valence-corrected chi connectivity index (χ4v) is 1.96. The van der Waals surface area contributed by atoms with Gasteiger partial charge in [-0.3, -0.25) is 0 Å². The molecule has 1 atom stereocenters. The normalized spacial score (nSPS) is 15.9. The van der Waals surface area contributed by atoms with Crippen molar-refractivity contribution in [2.75, 3.05) is 18.5 Å². The van der Waals surface area contributed by atoms with Gasteiger partial charge in [0.15, 0.2) is 11.5 Å². The highest BCUT2D eigenvalue weighted by Gasteiger charge is 2.14. The number of oxime groups is 1.